The number of ether oxygens (including phenoxy) is 1. The summed E-state index contributed by atoms with van der Waals surface area (Å²) in [6.07, 6.45) is 2.14. The molecule has 1 saturated carbocycles. The maximum absolute atomic E-state index is 13.0. The van der Waals surface area contributed by atoms with Crippen LogP contribution in [0.5, 0.6) is 5.75 Å². The Balaban J connectivity index is 1.51. The second kappa shape index (κ2) is 10.8. The van der Waals surface area contributed by atoms with Crippen LogP contribution >= 0.6 is 11.3 Å². The highest BCUT2D eigenvalue weighted by molar-refractivity contribution is 7.15. The van der Waals surface area contributed by atoms with Crippen LogP contribution in [0.2, 0.25) is 0 Å². The summed E-state index contributed by atoms with van der Waals surface area (Å²) in [5.41, 5.74) is 1.35. The van der Waals surface area contributed by atoms with Gasteiger partial charge in [0, 0.05) is 35.9 Å². The number of carbonyl (C=O) groups excluding carboxylic acids is 2. The Kier molecular flexibility index (Phi) is 7.91. The monoisotopic (exact) mass is 524 g/mol. The van der Waals surface area contributed by atoms with E-state index in [2.05, 4.69) is 25.2 Å². The van der Waals surface area contributed by atoms with Crippen molar-refractivity contribution < 1.29 is 19.4 Å². The fourth-order valence-corrected chi connectivity index (χ4v) is 7.63. The molecule has 0 spiro atoms. The molecule has 2 amide bonds. The molecular formula is C28H36N4O4S. The van der Waals surface area contributed by atoms with Gasteiger partial charge in [0.1, 0.15) is 5.75 Å². The van der Waals surface area contributed by atoms with E-state index in [1.807, 2.05) is 6.92 Å². The van der Waals surface area contributed by atoms with Crippen LogP contribution in [-0.4, -0.2) is 53.6 Å². The summed E-state index contributed by atoms with van der Waals surface area (Å²) >= 11 is 1.51. The molecular weight excluding hydrogens is 488 g/mol. The van der Waals surface area contributed by atoms with Gasteiger partial charge in [-0.25, -0.2) is 4.98 Å². The molecule has 0 unspecified atom stereocenters. The lowest BCUT2D eigenvalue weighted by atomic mass is 9.53. The molecule has 1 aromatic heterocycles. The zero-order valence-corrected chi connectivity index (χ0v) is 23.0. The number of methoxy groups -OCH3 is 1. The van der Waals surface area contributed by atoms with Crippen LogP contribution in [0.25, 0.3) is 0 Å². The second-order valence-corrected chi connectivity index (χ2v) is 11.9. The number of fused-ring (bicyclic) bond motifs is 2. The van der Waals surface area contributed by atoms with Gasteiger partial charge in [0.15, 0.2) is 5.13 Å². The van der Waals surface area contributed by atoms with E-state index in [-0.39, 0.29) is 40.9 Å². The average molecular weight is 525 g/mol. The van der Waals surface area contributed by atoms with Crippen LogP contribution in [0.3, 0.4) is 0 Å². The first-order valence-corrected chi connectivity index (χ1v) is 13.7. The highest BCUT2D eigenvalue weighted by Crippen LogP contribution is 2.57. The van der Waals surface area contributed by atoms with Crippen LogP contribution in [-0.2, 0) is 11.2 Å². The number of aliphatic hydroxyl groups is 1. The maximum Gasteiger partial charge on any atom is 0.257 e. The molecule has 8 nitrogen and oxygen atoms in total. The Morgan fingerprint density at radius 2 is 2.08 bits per heavy atom. The van der Waals surface area contributed by atoms with E-state index >= 15 is 0 Å². The number of nitrogens with one attached hydrogen (secondary N) is 1. The van der Waals surface area contributed by atoms with Gasteiger partial charge in [0.25, 0.3) is 5.91 Å². The minimum absolute atomic E-state index is 0.00643. The van der Waals surface area contributed by atoms with Gasteiger partial charge in [-0.2, -0.15) is 5.26 Å². The van der Waals surface area contributed by atoms with Gasteiger partial charge in [-0.05, 0) is 60.8 Å². The van der Waals surface area contributed by atoms with Crippen LogP contribution in [0.15, 0.2) is 24.3 Å². The van der Waals surface area contributed by atoms with E-state index in [4.69, 9.17) is 15.0 Å². The van der Waals surface area contributed by atoms with Gasteiger partial charge in [-0.3, -0.25) is 14.9 Å². The lowest BCUT2D eigenvalue weighted by Gasteiger charge is -2.53. The third kappa shape index (κ3) is 5.23. The third-order valence-electron chi connectivity index (χ3n) is 8.46. The normalized spacial score (nSPS) is 27.3. The van der Waals surface area contributed by atoms with Crippen LogP contribution < -0.4 is 10.1 Å². The lowest BCUT2D eigenvalue weighted by molar-refractivity contribution is -0.143. The number of hydrogen-bond donors (Lipinski definition) is 2. The summed E-state index contributed by atoms with van der Waals surface area (Å²) in [5, 5.41) is 24.0. The summed E-state index contributed by atoms with van der Waals surface area (Å²) in [4.78, 5) is 33.4. The van der Waals surface area contributed by atoms with Crippen molar-refractivity contribution in [3.05, 3.63) is 40.4 Å². The average Bonchev–Trinajstić information content (AvgIpc) is 3.28. The van der Waals surface area contributed by atoms with Gasteiger partial charge >= 0.3 is 0 Å². The van der Waals surface area contributed by atoms with Gasteiger partial charge in [-0.1, -0.05) is 20.8 Å². The molecule has 2 aliphatic rings. The largest absolute Gasteiger partial charge is 0.497 e. The molecule has 2 aliphatic carbocycles. The number of benzene rings is 1. The van der Waals surface area contributed by atoms with E-state index in [0.29, 0.717) is 29.4 Å². The predicted molar refractivity (Wildman–Crippen MR) is 143 cm³/mol. The molecule has 6 atom stereocenters. The first-order chi connectivity index (χ1) is 17.6. The number of anilines is 1. The van der Waals surface area contributed by atoms with E-state index in [1.54, 1.807) is 43.3 Å². The molecule has 0 aliphatic heterocycles. The fourth-order valence-electron chi connectivity index (χ4n) is 6.37. The summed E-state index contributed by atoms with van der Waals surface area (Å²) in [5.74, 6) is -0.0767. The van der Waals surface area contributed by atoms with Gasteiger partial charge in [0.05, 0.1) is 31.4 Å². The number of hydrogen-bond acceptors (Lipinski definition) is 7. The van der Waals surface area contributed by atoms with Crippen molar-refractivity contribution in [3.8, 4) is 11.8 Å². The second-order valence-electron chi connectivity index (χ2n) is 10.8. The molecule has 0 radical (unpaired) electrons. The molecule has 9 heteroatoms. The van der Waals surface area contributed by atoms with Crippen molar-refractivity contribution in [3.63, 3.8) is 0 Å². The van der Waals surface area contributed by atoms with Gasteiger partial charge < -0.3 is 14.7 Å². The molecule has 1 aromatic carbocycles. The number of nitrogens with zero attached hydrogens (tertiary/aromatic N) is 3. The molecule has 1 heterocycles. The van der Waals surface area contributed by atoms with Crippen LogP contribution in [0, 0.1) is 34.5 Å². The molecule has 0 bridgehead atoms. The highest BCUT2D eigenvalue weighted by atomic mass is 32.1. The lowest BCUT2D eigenvalue weighted by Crippen LogP contribution is -2.53. The molecule has 0 saturated heterocycles. The number of aliphatic hydroxyl groups excluding tert-OH is 1. The molecule has 4 rings (SSSR count). The van der Waals surface area contributed by atoms with Crippen molar-refractivity contribution in [1.29, 1.82) is 5.26 Å². The molecule has 37 heavy (non-hydrogen) atoms. The molecule has 1 fully saturated rings. The number of thiazole rings is 1. The van der Waals surface area contributed by atoms with E-state index in [9.17, 15) is 14.7 Å². The number of aromatic nitrogens is 1. The topological polar surface area (TPSA) is 116 Å². The first kappa shape index (κ1) is 27.1. The van der Waals surface area contributed by atoms with Crippen molar-refractivity contribution in [1.82, 2.24) is 9.88 Å². The Bertz CT molecular complexity index is 1190. The summed E-state index contributed by atoms with van der Waals surface area (Å²) in [6, 6.07) is 9.02. The predicted octanol–water partition coefficient (Wildman–Crippen LogP) is 4.47. The zero-order valence-electron chi connectivity index (χ0n) is 22.2. The van der Waals surface area contributed by atoms with Crippen molar-refractivity contribution >= 4 is 28.3 Å². The minimum atomic E-state index is -0.635. The standard InChI is InChI=1S/C28H36N4O4S/c1-16(26(35)32(4)14-6-13-29)20-11-12-28(3)15-21-23(17(2)22(28)24(20)33)30-27(37-21)31-25(34)18-7-9-19(36-5)10-8-18/h7-10,16-17,20,22,24,33H,6,11-12,14-15H2,1-5H3,(H,30,31,34)/t16-,17-,20+,22+,24-,28+/m0/s1. The Hall–Kier alpha value is -2.96. The van der Waals surface area contributed by atoms with Crippen LogP contribution in [0.1, 0.15) is 66.9 Å². The number of amides is 2. The van der Waals surface area contributed by atoms with Gasteiger partial charge in [0.2, 0.25) is 5.91 Å². The minimum Gasteiger partial charge on any atom is -0.497 e. The number of rotatable bonds is 7. The Labute approximate surface area is 222 Å². The number of carbonyl (C=O) groups is 2. The molecule has 2 N–H and O–H groups in total. The highest BCUT2D eigenvalue weighted by Gasteiger charge is 2.54. The maximum atomic E-state index is 13.0. The SMILES string of the molecule is COc1ccc(C(=O)Nc2nc3c(s2)C[C@@]2(C)CC[C@H]([C@H](C)C(=O)N(C)CCC#N)[C@H](O)[C@H]2[C@@H]3C)cc1. The van der Waals surface area contributed by atoms with Gasteiger partial charge in [-0.15, -0.1) is 11.3 Å². The van der Waals surface area contributed by atoms with E-state index in [1.165, 1.54) is 11.3 Å². The van der Waals surface area contributed by atoms with Crippen molar-refractivity contribution in [2.45, 2.75) is 58.5 Å². The third-order valence-corrected chi connectivity index (χ3v) is 9.45. The first-order valence-electron chi connectivity index (χ1n) is 12.8. The zero-order chi connectivity index (χ0) is 26.9. The fraction of sp³-hybridized carbons (Fsp3) is 0.571. The van der Waals surface area contributed by atoms with Crippen molar-refractivity contribution in [2.24, 2.45) is 23.2 Å². The Morgan fingerprint density at radius 1 is 1.38 bits per heavy atom. The van der Waals surface area contributed by atoms with Crippen molar-refractivity contribution in [2.75, 3.05) is 26.0 Å². The van der Waals surface area contributed by atoms with E-state index < -0.39 is 6.10 Å². The Morgan fingerprint density at radius 3 is 2.73 bits per heavy atom. The summed E-state index contributed by atoms with van der Waals surface area (Å²) < 4.78 is 5.17. The quantitative estimate of drug-likeness (QED) is 0.552. The number of nitriles is 1. The molecule has 2 aromatic rings. The van der Waals surface area contributed by atoms with E-state index in [0.717, 1.165) is 29.8 Å². The smallest absolute Gasteiger partial charge is 0.257 e. The summed E-state index contributed by atoms with van der Waals surface area (Å²) in [7, 11) is 3.31. The molecule has 198 valence electrons. The van der Waals surface area contributed by atoms with Crippen LogP contribution in [0.4, 0.5) is 5.13 Å². The summed E-state index contributed by atoms with van der Waals surface area (Å²) in [6.45, 7) is 6.63.